The monoisotopic (exact) mass is 373 g/mol. The van der Waals surface area contributed by atoms with E-state index in [1.807, 2.05) is 49.4 Å². The topological polar surface area (TPSA) is 83.7 Å². The Morgan fingerprint density at radius 2 is 1.86 bits per heavy atom. The lowest BCUT2D eigenvalue weighted by Gasteiger charge is -2.10. The fraction of sp³-hybridized carbons (Fsp3) is 0.136. The zero-order chi connectivity index (χ0) is 19.8. The van der Waals surface area contributed by atoms with E-state index >= 15 is 0 Å². The summed E-state index contributed by atoms with van der Waals surface area (Å²) in [6, 6.07) is 20.5. The van der Waals surface area contributed by atoms with E-state index in [-0.39, 0.29) is 6.61 Å². The quantitative estimate of drug-likeness (QED) is 0.506. The number of hydrogen-bond donors (Lipinski definition) is 1. The summed E-state index contributed by atoms with van der Waals surface area (Å²) in [5, 5.41) is 15.1. The molecule has 0 heterocycles. The summed E-state index contributed by atoms with van der Waals surface area (Å²) in [4.78, 5) is 12.0. The first-order chi connectivity index (χ1) is 13.7. The highest BCUT2D eigenvalue weighted by atomic mass is 16.5. The van der Waals surface area contributed by atoms with Crippen molar-refractivity contribution in [3.63, 3.8) is 0 Å². The summed E-state index contributed by atoms with van der Waals surface area (Å²) < 4.78 is 11.1. The van der Waals surface area contributed by atoms with Gasteiger partial charge in [-0.05, 0) is 35.9 Å². The van der Waals surface area contributed by atoms with Crippen LogP contribution in [0.5, 0.6) is 11.5 Å². The number of nitriles is 1. The van der Waals surface area contributed by atoms with Crippen LogP contribution in [0.15, 0.2) is 65.8 Å². The van der Waals surface area contributed by atoms with Crippen LogP contribution in [-0.2, 0) is 4.79 Å². The molecular weight excluding hydrogens is 354 g/mol. The van der Waals surface area contributed by atoms with Crippen LogP contribution < -0.4 is 14.9 Å². The van der Waals surface area contributed by atoms with Gasteiger partial charge in [0, 0.05) is 5.56 Å². The molecule has 6 heteroatoms. The van der Waals surface area contributed by atoms with E-state index in [9.17, 15) is 4.79 Å². The highest BCUT2D eigenvalue weighted by Gasteiger charge is 2.08. The number of carbonyl (C=O) groups is 1. The van der Waals surface area contributed by atoms with Gasteiger partial charge in [-0.25, -0.2) is 5.43 Å². The van der Waals surface area contributed by atoms with E-state index in [1.54, 1.807) is 30.5 Å². The van der Waals surface area contributed by atoms with E-state index in [4.69, 9.17) is 14.7 Å². The zero-order valence-electron chi connectivity index (χ0n) is 15.4. The Labute approximate surface area is 163 Å². The molecule has 1 N–H and O–H groups in total. The molecule has 140 valence electrons. The minimum atomic E-state index is -0.429. The second-order valence-electron chi connectivity index (χ2n) is 5.82. The summed E-state index contributed by atoms with van der Waals surface area (Å²) in [6.07, 6.45) is 1.56. The molecule has 3 aromatic carbocycles. The average molecular weight is 373 g/mol. The van der Waals surface area contributed by atoms with Crippen LogP contribution in [0.25, 0.3) is 10.8 Å². The molecule has 0 fully saturated rings. The first-order valence-corrected chi connectivity index (χ1v) is 8.81. The van der Waals surface area contributed by atoms with Gasteiger partial charge in [-0.15, -0.1) is 0 Å². The van der Waals surface area contributed by atoms with Crippen LogP contribution >= 0.6 is 0 Å². The second-order valence-corrected chi connectivity index (χ2v) is 5.82. The normalized spacial score (nSPS) is 10.6. The molecule has 6 nitrogen and oxygen atoms in total. The van der Waals surface area contributed by atoms with Crippen LogP contribution in [-0.4, -0.2) is 25.3 Å². The Balaban J connectivity index is 1.69. The van der Waals surface area contributed by atoms with E-state index in [1.165, 1.54) is 0 Å². The zero-order valence-corrected chi connectivity index (χ0v) is 15.4. The summed E-state index contributed by atoms with van der Waals surface area (Å²) in [5.74, 6) is 0.623. The van der Waals surface area contributed by atoms with Gasteiger partial charge in [0.25, 0.3) is 5.91 Å². The lowest BCUT2D eigenvalue weighted by atomic mass is 10.0. The van der Waals surface area contributed by atoms with Crippen molar-refractivity contribution in [2.24, 2.45) is 5.10 Å². The predicted molar refractivity (Wildman–Crippen MR) is 108 cm³/mol. The summed E-state index contributed by atoms with van der Waals surface area (Å²) >= 11 is 0. The molecule has 0 atom stereocenters. The Hall–Kier alpha value is -3.85. The van der Waals surface area contributed by atoms with E-state index in [2.05, 4.69) is 10.5 Å². The van der Waals surface area contributed by atoms with Crippen molar-refractivity contribution in [1.82, 2.24) is 5.43 Å². The number of amides is 1. The Morgan fingerprint density at radius 3 is 2.68 bits per heavy atom. The van der Waals surface area contributed by atoms with Crippen LogP contribution in [0.1, 0.15) is 18.1 Å². The first kappa shape index (κ1) is 18.9. The van der Waals surface area contributed by atoms with Gasteiger partial charge in [0.05, 0.1) is 18.4 Å². The van der Waals surface area contributed by atoms with Crippen molar-refractivity contribution < 1.29 is 14.3 Å². The molecule has 0 aliphatic carbocycles. The summed E-state index contributed by atoms with van der Waals surface area (Å²) in [7, 11) is 0. The van der Waals surface area contributed by atoms with Gasteiger partial charge in [-0.2, -0.15) is 10.4 Å². The third-order valence-corrected chi connectivity index (χ3v) is 3.98. The lowest BCUT2D eigenvalue weighted by molar-refractivity contribution is -0.123. The maximum Gasteiger partial charge on any atom is 0.277 e. The standard InChI is InChI=1S/C22H19N3O3/c1-2-27-21-12-11-16-7-3-5-9-18(16)19(21)14-24-25-22(26)15-28-20-10-6-4-8-17(20)13-23/h3-12,14H,2,15H2,1H3,(H,25,26)/b24-14+. The third kappa shape index (κ3) is 4.46. The predicted octanol–water partition coefficient (Wildman–Crippen LogP) is 3.64. The number of ether oxygens (including phenoxy) is 2. The summed E-state index contributed by atoms with van der Waals surface area (Å²) in [6.45, 7) is 2.19. The Bertz CT molecular complexity index is 1050. The number of para-hydroxylation sites is 1. The molecule has 3 aromatic rings. The summed E-state index contributed by atoms with van der Waals surface area (Å²) in [5.41, 5.74) is 3.60. The van der Waals surface area contributed by atoms with Gasteiger partial charge in [-0.1, -0.05) is 42.5 Å². The van der Waals surface area contributed by atoms with Crippen molar-refractivity contribution >= 4 is 22.9 Å². The number of hydrogen-bond acceptors (Lipinski definition) is 5. The molecule has 0 saturated carbocycles. The Kier molecular flexibility index (Phi) is 6.21. The molecular formula is C22H19N3O3. The number of carbonyl (C=O) groups excluding carboxylic acids is 1. The molecule has 0 saturated heterocycles. The molecule has 1 amide bonds. The number of benzene rings is 3. The second kappa shape index (κ2) is 9.19. The molecule has 0 unspecified atom stereocenters. The van der Waals surface area contributed by atoms with Gasteiger partial charge in [-0.3, -0.25) is 4.79 Å². The van der Waals surface area contributed by atoms with Gasteiger partial charge < -0.3 is 9.47 Å². The highest BCUT2D eigenvalue weighted by molar-refractivity contribution is 6.02. The van der Waals surface area contributed by atoms with Crippen LogP contribution in [0.2, 0.25) is 0 Å². The van der Waals surface area contributed by atoms with Crippen molar-refractivity contribution in [3.8, 4) is 17.6 Å². The fourth-order valence-corrected chi connectivity index (χ4v) is 2.72. The number of rotatable bonds is 7. The number of fused-ring (bicyclic) bond motifs is 1. The number of hydrazone groups is 1. The Morgan fingerprint density at radius 1 is 1.07 bits per heavy atom. The maximum absolute atomic E-state index is 12.0. The first-order valence-electron chi connectivity index (χ1n) is 8.81. The van der Waals surface area contributed by atoms with Gasteiger partial charge in [0.1, 0.15) is 17.6 Å². The van der Waals surface area contributed by atoms with E-state index < -0.39 is 5.91 Å². The van der Waals surface area contributed by atoms with E-state index in [0.29, 0.717) is 23.7 Å². The highest BCUT2D eigenvalue weighted by Crippen LogP contribution is 2.26. The molecule has 0 aliphatic rings. The maximum atomic E-state index is 12.0. The fourth-order valence-electron chi connectivity index (χ4n) is 2.72. The van der Waals surface area contributed by atoms with Crippen LogP contribution in [0.4, 0.5) is 0 Å². The molecule has 0 bridgehead atoms. The molecule has 28 heavy (non-hydrogen) atoms. The van der Waals surface area contributed by atoms with Crippen LogP contribution in [0, 0.1) is 11.3 Å². The molecule has 0 aromatic heterocycles. The minimum Gasteiger partial charge on any atom is -0.493 e. The molecule has 0 radical (unpaired) electrons. The molecule has 0 aliphatic heterocycles. The minimum absolute atomic E-state index is 0.246. The SMILES string of the molecule is CCOc1ccc2ccccc2c1/C=N/NC(=O)COc1ccccc1C#N. The van der Waals surface area contributed by atoms with Crippen LogP contribution in [0.3, 0.4) is 0 Å². The van der Waals surface area contributed by atoms with E-state index in [0.717, 1.165) is 16.3 Å². The van der Waals surface area contributed by atoms with Gasteiger partial charge in [0.2, 0.25) is 0 Å². The van der Waals surface area contributed by atoms with Crippen molar-refractivity contribution in [3.05, 3.63) is 71.8 Å². The van der Waals surface area contributed by atoms with Crippen molar-refractivity contribution in [2.45, 2.75) is 6.92 Å². The van der Waals surface area contributed by atoms with Gasteiger partial charge >= 0.3 is 0 Å². The smallest absolute Gasteiger partial charge is 0.277 e. The van der Waals surface area contributed by atoms with Crippen molar-refractivity contribution in [2.75, 3.05) is 13.2 Å². The van der Waals surface area contributed by atoms with Gasteiger partial charge in [0.15, 0.2) is 6.61 Å². The lowest BCUT2D eigenvalue weighted by Crippen LogP contribution is -2.24. The third-order valence-electron chi connectivity index (χ3n) is 3.98. The number of nitrogens with one attached hydrogen (secondary N) is 1. The molecule has 3 rings (SSSR count). The number of nitrogens with zero attached hydrogens (tertiary/aromatic N) is 2. The molecule has 0 spiro atoms. The van der Waals surface area contributed by atoms with Crippen molar-refractivity contribution in [1.29, 1.82) is 5.26 Å². The largest absolute Gasteiger partial charge is 0.493 e. The average Bonchev–Trinajstić information content (AvgIpc) is 2.73.